The van der Waals surface area contributed by atoms with E-state index in [2.05, 4.69) is 0 Å². The number of carbonyl (C=O) groups is 2. The Labute approximate surface area is 171 Å². The molecule has 0 aliphatic carbocycles. The number of urea groups is 1. The van der Waals surface area contributed by atoms with Gasteiger partial charge in [0, 0.05) is 70.1 Å². The summed E-state index contributed by atoms with van der Waals surface area (Å²) in [7, 11) is 5.50. The molecule has 1 aromatic carbocycles. The number of fused-ring (bicyclic) bond motifs is 2. The minimum atomic E-state index is -0.198. The first-order valence-electron chi connectivity index (χ1n) is 10.1. The van der Waals surface area contributed by atoms with Crippen LogP contribution in [0.5, 0.6) is 0 Å². The zero-order valence-electron chi connectivity index (χ0n) is 17.7. The summed E-state index contributed by atoms with van der Waals surface area (Å²) >= 11 is 0. The van der Waals surface area contributed by atoms with Crippen molar-refractivity contribution in [2.24, 2.45) is 7.05 Å². The van der Waals surface area contributed by atoms with Gasteiger partial charge in [-0.1, -0.05) is 18.2 Å². The minimum Gasteiger partial charge on any atom is -0.333 e. The number of piperidine rings is 1. The number of rotatable bonds is 1. The molecule has 0 unspecified atom stereocenters. The normalized spacial score (nSPS) is 17.9. The van der Waals surface area contributed by atoms with Crippen molar-refractivity contribution in [2.45, 2.75) is 31.7 Å². The molecular formula is C22H29N5O2. The molecule has 7 heteroatoms. The van der Waals surface area contributed by atoms with Crippen LogP contribution in [-0.2, 0) is 19.0 Å². The standard InChI is InChI=1S/C22H29N5O2/c1-16-7-5-6-8-18(16)20(28)27-14-17-13-25(4)23-19(17)22(15-27)9-11-26(12-10-22)21(29)24(2)3/h5-8,13H,9-12,14-15H2,1-4H3. The average molecular weight is 396 g/mol. The zero-order chi connectivity index (χ0) is 20.8. The molecule has 0 N–H and O–H groups in total. The highest BCUT2D eigenvalue weighted by Crippen LogP contribution is 2.41. The van der Waals surface area contributed by atoms with Gasteiger partial charge >= 0.3 is 6.03 Å². The highest BCUT2D eigenvalue weighted by Gasteiger charge is 2.46. The summed E-state index contributed by atoms with van der Waals surface area (Å²) in [5.41, 5.74) is 3.78. The third-order valence-corrected chi connectivity index (χ3v) is 6.30. The summed E-state index contributed by atoms with van der Waals surface area (Å²) in [6, 6.07) is 7.81. The van der Waals surface area contributed by atoms with Gasteiger partial charge in [-0.25, -0.2) is 4.79 Å². The fraction of sp³-hybridized carbons (Fsp3) is 0.500. The lowest BCUT2D eigenvalue weighted by atomic mass is 9.72. The molecule has 2 aromatic rings. The van der Waals surface area contributed by atoms with E-state index in [0.29, 0.717) is 26.2 Å². The van der Waals surface area contributed by atoms with E-state index in [9.17, 15) is 9.59 Å². The van der Waals surface area contributed by atoms with Crippen molar-refractivity contribution in [3.8, 4) is 0 Å². The largest absolute Gasteiger partial charge is 0.333 e. The van der Waals surface area contributed by atoms with Crippen LogP contribution in [0.25, 0.3) is 0 Å². The number of aromatic nitrogens is 2. The maximum absolute atomic E-state index is 13.4. The topological polar surface area (TPSA) is 61.7 Å². The average Bonchev–Trinajstić information content (AvgIpc) is 3.09. The monoisotopic (exact) mass is 395 g/mol. The van der Waals surface area contributed by atoms with Crippen LogP contribution in [0.4, 0.5) is 4.79 Å². The predicted octanol–water partition coefficient (Wildman–Crippen LogP) is 2.40. The third kappa shape index (κ3) is 3.39. The maximum Gasteiger partial charge on any atom is 0.319 e. The molecule has 0 atom stereocenters. The summed E-state index contributed by atoms with van der Waals surface area (Å²) in [5.74, 6) is 0.0729. The van der Waals surface area contributed by atoms with E-state index in [1.54, 1.807) is 19.0 Å². The molecule has 1 saturated heterocycles. The first-order chi connectivity index (χ1) is 13.8. The van der Waals surface area contributed by atoms with Gasteiger partial charge in [0.1, 0.15) is 0 Å². The molecular weight excluding hydrogens is 366 g/mol. The molecule has 3 heterocycles. The van der Waals surface area contributed by atoms with Crippen LogP contribution in [-0.4, -0.2) is 70.1 Å². The van der Waals surface area contributed by atoms with Crippen LogP contribution in [0, 0.1) is 6.92 Å². The maximum atomic E-state index is 13.4. The van der Waals surface area contributed by atoms with Crippen molar-refractivity contribution in [1.82, 2.24) is 24.5 Å². The molecule has 1 aromatic heterocycles. The van der Waals surface area contributed by atoms with Crippen LogP contribution >= 0.6 is 0 Å². The van der Waals surface area contributed by atoms with Gasteiger partial charge in [0.15, 0.2) is 0 Å². The molecule has 2 aliphatic heterocycles. The second kappa shape index (κ2) is 7.21. The highest BCUT2D eigenvalue weighted by molar-refractivity contribution is 5.95. The summed E-state index contributed by atoms with van der Waals surface area (Å²) in [6.45, 7) is 4.57. The number of likely N-dealkylation sites (tertiary alicyclic amines) is 1. The highest BCUT2D eigenvalue weighted by atomic mass is 16.2. The molecule has 154 valence electrons. The fourth-order valence-corrected chi connectivity index (χ4v) is 4.73. The fourth-order valence-electron chi connectivity index (χ4n) is 4.73. The van der Waals surface area contributed by atoms with Gasteiger partial charge in [-0.3, -0.25) is 9.48 Å². The van der Waals surface area contributed by atoms with E-state index in [0.717, 1.165) is 35.2 Å². The molecule has 2 aliphatic rings. The zero-order valence-corrected chi connectivity index (χ0v) is 17.7. The van der Waals surface area contributed by atoms with E-state index in [1.807, 2.05) is 58.9 Å². The summed E-state index contributed by atoms with van der Waals surface area (Å²) in [5, 5.41) is 4.78. The van der Waals surface area contributed by atoms with Gasteiger partial charge in [0.05, 0.1) is 5.69 Å². The Bertz CT molecular complexity index is 940. The van der Waals surface area contributed by atoms with Crippen LogP contribution < -0.4 is 0 Å². The number of nitrogens with zero attached hydrogens (tertiary/aromatic N) is 5. The van der Waals surface area contributed by atoms with Crippen molar-refractivity contribution in [2.75, 3.05) is 33.7 Å². The van der Waals surface area contributed by atoms with E-state index < -0.39 is 0 Å². The quantitative estimate of drug-likeness (QED) is 0.745. The van der Waals surface area contributed by atoms with Crippen LogP contribution in [0.2, 0.25) is 0 Å². The van der Waals surface area contributed by atoms with Crippen molar-refractivity contribution in [3.05, 3.63) is 52.8 Å². The SMILES string of the molecule is Cc1ccccc1C(=O)N1Cc2cn(C)nc2C2(CCN(C(=O)N(C)C)CC2)C1. The van der Waals surface area contributed by atoms with Crippen LogP contribution in [0.1, 0.15) is 40.0 Å². The Kier molecular flexibility index (Phi) is 4.84. The lowest BCUT2D eigenvalue weighted by Crippen LogP contribution is -2.55. The van der Waals surface area contributed by atoms with Crippen LogP contribution in [0.15, 0.2) is 30.5 Å². The van der Waals surface area contributed by atoms with Gasteiger partial charge in [-0.05, 0) is 31.4 Å². The van der Waals surface area contributed by atoms with Gasteiger partial charge in [-0.15, -0.1) is 0 Å². The van der Waals surface area contributed by atoms with E-state index in [1.165, 1.54) is 0 Å². The number of amides is 3. The van der Waals surface area contributed by atoms with E-state index in [-0.39, 0.29) is 17.4 Å². The molecule has 29 heavy (non-hydrogen) atoms. The van der Waals surface area contributed by atoms with Crippen molar-refractivity contribution < 1.29 is 9.59 Å². The Morgan fingerprint density at radius 1 is 1.10 bits per heavy atom. The first kappa shape index (κ1) is 19.5. The number of benzene rings is 1. The molecule has 0 saturated carbocycles. The minimum absolute atomic E-state index is 0.0461. The molecule has 0 bridgehead atoms. The van der Waals surface area contributed by atoms with Crippen molar-refractivity contribution in [3.63, 3.8) is 0 Å². The predicted molar refractivity (Wildman–Crippen MR) is 111 cm³/mol. The number of hydrogen-bond donors (Lipinski definition) is 0. The van der Waals surface area contributed by atoms with E-state index >= 15 is 0 Å². The molecule has 0 radical (unpaired) electrons. The molecule has 4 rings (SSSR count). The van der Waals surface area contributed by atoms with Gasteiger partial charge in [0.2, 0.25) is 0 Å². The Morgan fingerprint density at radius 3 is 2.45 bits per heavy atom. The lowest BCUT2D eigenvalue weighted by Gasteiger charge is -2.47. The Balaban J connectivity index is 1.63. The van der Waals surface area contributed by atoms with Gasteiger partial charge < -0.3 is 14.7 Å². The summed E-state index contributed by atoms with van der Waals surface area (Å²) < 4.78 is 1.85. The molecule has 1 fully saturated rings. The van der Waals surface area contributed by atoms with Crippen molar-refractivity contribution >= 4 is 11.9 Å². The Hall–Kier alpha value is -2.83. The number of carbonyl (C=O) groups excluding carboxylic acids is 2. The number of aryl methyl sites for hydroxylation is 2. The van der Waals surface area contributed by atoms with Gasteiger partial charge in [-0.2, -0.15) is 5.10 Å². The summed E-state index contributed by atoms with van der Waals surface area (Å²) in [4.78, 5) is 31.2. The smallest absolute Gasteiger partial charge is 0.319 e. The Morgan fingerprint density at radius 2 is 1.79 bits per heavy atom. The van der Waals surface area contributed by atoms with Gasteiger partial charge in [0.25, 0.3) is 5.91 Å². The van der Waals surface area contributed by atoms with Crippen LogP contribution in [0.3, 0.4) is 0 Å². The lowest BCUT2D eigenvalue weighted by molar-refractivity contribution is 0.0583. The summed E-state index contributed by atoms with van der Waals surface area (Å²) in [6.07, 6.45) is 3.66. The van der Waals surface area contributed by atoms with Crippen molar-refractivity contribution in [1.29, 1.82) is 0 Å². The number of hydrogen-bond acceptors (Lipinski definition) is 3. The molecule has 7 nitrogen and oxygen atoms in total. The molecule has 3 amide bonds. The second-order valence-electron chi connectivity index (χ2n) is 8.60. The first-order valence-corrected chi connectivity index (χ1v) is 10.1. The van der Waals surface area contributed by atoms with E-state index in [4.69, 9.17) is 5.10 Å². The third-order valence-electron chi connectivity index (χ3n) is 6.30. The second-order valence-corrected chi connectivity index (χ2v) is 8.60. The molecule has 1 spiro atoms.